The maximum absolute atomic E-state index is 13.4. The number of halogens is 1. The molecular formula is C18H19FN2O4. The van der Waals surface area contributed by atoms with Gasteiger partial charge in [-0.25, -0.2) is 4.39 Å². The maximum Gasteiger partial charge on any atom is 0.308 e. The number of para-hydroxylation sites is 3. The maximum atomic E-state index is 13.4. The molecule has 0 aliphatic heterocycles. The molecule has 0 aliphatic rings. The Hall–Kier alpha value is -3.09. The molecule has 0 unspecified atom stereocenters. The first-order chi connectivity index (χ1) is 12.1. The molecular weight excluding hydrogens is 327 g/mol. The van der Waals surface area contributed by atoms with Gasteiger partial charge in [0, 0.05) is 6.54 Å². The minimum Gasteiger partial charge on any atom is -0.495 e. The van der Waals surface area contributed by atoms with E-state index in [0.717, 1.165) is 5.69 Å². The number of nitrogens with one attached hydrogen (secondary N) is 2. The molecule has 1 amide bonds. The van der Waals surface area contributed by atoms with Crippen LogP contribution in [0.2, 0.25) is 0 Å². The minimum absolute atomic E-state index is 0.0430. The number of carbonyl (C=O) groups is 2. The molecule has 0 radical (unpaired) electrons. The Labute approximate surface area is 144 Å². The molecule has 0 aliphatic carbocycles. The number of esters is 1. The van der Waals surface area contributed by atoms with E-state index in [9.17, 15) is 14.0 Å². The number of hydrogen-bond acceptors (Lipinski definition) is 5. The first-order valence-corrected chi connectivity index (χ1v) is 7.67. The summed E-state index contributed by atoms with van der Waals surface area (Å²) in [6, 6.07) is 13.1. The van der Waals surface area contributed by atoms with Gasteiger partial charge in [0.1, 0.15) is 11.6 Å². The quantitative estimate of drug-likeness (QED) is 0.719. The highest BCUT2D eigenvalue weighted by Crippen LogP contribution is 2.22. The minimum atomic E-state index is -0.601. The number of ether oxygens (including phenoxy) is 2. The molecule has 2 aromatic carbocycles. The molecule has 132 valence electrons. The van der Waals surface area contributed by atoms with Crippen molar-refractivity contribution in [3.05, 3.63) is 54.3 Å². The van der Waals surface area contributed by atoms with Crippen LogP contribution in [-0.2, 0) is 14.3 Å². The van der Waals surface area contributed by atoms with Gasteiger partial charge in [0.15, 0.2) is 6.61 Å². The highest BCUT2D eigenvalue weighted by atomic mass is 19.1. The monoisotopic (exact) mass is 346 g/mol. The molecule has 0 aromatic heterocycles. The summed E-state index contributed by atoms with van der Waals surface area (Å²) < 4.78 is 23.4. The van der Waals surface area contributed by atoms with Gasteiger partial charge in [0.25, 0.3) is 5.91 Å². The van der Waals surface area contributed by atoms with E-state index in [1.54, 1.807) is 19.2 Å². The fourth-order valence-electron chi connectivity index (χ4n) is 2.06. The summed E-state index contributed by atoms with van der Waals surface area (Å²) in [4.78, 5) is 23.3. The zero-order valence-electron chi connectivity index (χ0n) is 13.8. The topological polar surface area (TPSA) is 76.7 Å². The van der Waals surface area contributed by atoms with Gasteiger partial charge in [-0.05, 0) is 24.3 Å². The average Bonchev–Trinajstić information content (AvgIpc) is 2.62. The Balaban J connectivity index is 1.70. The van der Waals surface area contributed by atoms with Gasteiger partial charge in [-0.15, -0.1) is 0 Å². The highest BCUT2D eigenvalue weighted by molar-refractivity contribution is 5.92. The molecule has 0 saturated carbocycles. The number of anilines is 2. The van der Waals surface area contributed by atoms with Gasteiger partial charge < -0.3 is 20.1 Å². The van der Waals surface area contributed by atoms with Crippen molar-refractivity contribution in [3.8, 4) is 5.75 Å². The van der Waals surface area contributed by atoms with Crippen LogP contribution < -0.4 is 15.4 Å². The van der Waals surface area contributed by atoms with Gasteiger partial charge in [0.05, 0.1) is 24.9 Å². The van der Waals surface area contributed by atoms with E-state index < -0.39 is 24.3 Å². The van der Waals surface area contributed by atoms with Crippen LogP contribution >= 0.6 is 0 Å². The van der Waals surface area contributed by atoms with Crippen molar-refractivity contribution in [2.75, 3.05) is 30.9 Å². The average molecular weight is 346 g/mol. The van der Waals surface area contributed by atoms with Crippen LogP contribution in [-0.4, -0.2) is 32.1 Å². The van der Waals surface area contributed by atoms with Crippen molar-refractivity contribution in [2.45, 2.75) is 6.42 Å². The largest absolute Gasteiger partial charge is 0.495 e. The number of benzene rings is 2. The number of carbonyl (C=O) groups excluding carboxylic acids is 2. The summed E-state index contributed by atoms with van der Waals surface area (Å²) in [6.07, 6.45) is 0.0744. The fourth-order valence-corrected chi connectivity index (χ4v) is 2.06. The molecule has 2 aromatic rings. The van der Waals surface area contributed by atoms with E-state index >= 15 is 0 Å². The Morgan fingerprint density at radius 2 is 1.72 bits per heavy atom. The van der Waals surface area contributed by atoms with Crippen LogP contribution in [0.15, 0.2) is 48.5 Å². The SMILES string of the molecule is COc1ccccc1NCCC(=O)OCC(=O)Nc1ccccc1F. The molecule has 6 nitrogen and oxygen atoms in total. The van der Waals surface area contributed by atoms with Gasteiger partial charge in [-0.2, -0.15) is 0 Å². The Morgan fingerprint density at radius 3 is 2.44 bits per heavy atom. The molecule has 0 saturated heterocycles. The summed E-state index contributed by atoms with van der Waals surface area (Å²) in [7, 11) is 1.56. The van der Waals surface area contributed by atoms with Crippen LogP contribution in [0.1, 0.15) is 6.42 Å². The van der Waals surface area contributed by atoms with Gasteiger partial charge in [0.2, 0.25) is 0 Å². The van der Waals surface area contributed by atoms with Gasteiger partial charge in [-0.1, -0.05) is 24.3 Å². The lowest BCUT2D eigenvalue weighted by Gasteiger charge is -2.10. The fraction of sp³-hybridized carbons (Fsp3) is 0.222. The third-order valence-electron chi connectivity index (χ3n) is 3.26. The van der Waals surface area contributed by atoms with Crippen LogP contribution in [0.25, 0.3) is 0 Å². The molecule has 0 fully saturated rings. The number of hydrogen-bond donors (Lipinski definition) is 2. The normalized spacial score (nSPS) is 10.0. The lowest BCUT2D eigenvalue weighted by atomic mass is 10.3. The second-order valence-electron chi connectivity index (χ2n) is 5.07. The van der Waals surface area contributed by atoms with Crippen molar-refractivity contribution in [1.29, 1.82) is 0 Å². The number of rotatable bonds is 8. The van der Waals surface area contributed by atoms with Crippen molar-refractivity contribution in [3.63, 3.8) is 0 Å². The summed E-state index contributed by atoms with van der Waals surface area (Å²) in [5, 5.41) is 5.39. The predicted molar refractivity (Wildman–Crippen MR) is 92.1 cm³/mol. The first-order valence-electron chi connectivity index (χ1n) is 7.67. The van der Waals surface area contributed by atoms with E-state index in [1.165, 1.54) is 18.2 Å². The number of methoxy groups -OCH3 is 1. The molecule has 2 rings (SSSR count). The smallest absolute Gasteiger partial charge is 0.308 e. The molecule has 0 bridgehead atoms. The Morgan fingerprint density at radius 1 is 1.04 bits per heavy atom. The number of amides is 1. The summed E-state index contributed by atoms with van der Waals surface area (Å²) in [5.74, 6) is -1.02. The van der Waals surface area contributed by atoms with Crippen LogP contribution in [0.3, 0.4) is 0 Å². The van der Waals surface area contributed by atoms with E-state index in [-0.39, 0.29) is 12.1 Å². The Bertz CT molecular complexity index is 737. The highest BCUT2D eigenvalue weighted by Gasteiger charge is 2.10. The van der Waals surface area contributed by atoms with Gasteiger partial charge >= 0.3 is 5.97 Å². The van der Waals surface area contributed by atoms with Crippen molar-refractivity contribution in [1.82, 2.24) is 0 Å². The lowest BCUT2D eigenvalue weighted by molar-refractivity contribution is -0.147. The van der Waals surface area contributed by atoms with Crippen molar-refractivity contribution < 1.29 is 23.5 Å². The third-order valence-corrected chi connectivity index (χ3v) is 3.26. The predicted octanol–water partition coefficient (Wildman–Crippen LogP) is 2.82. The first kappa shape index (κ1) is 18.3. The van der Waals surface area contributed by atoms with Crippen LogP contribution in [0, 0.1) is 5.82 Å². The zero-order valence-corrected chi connectivity index (χ0v) is 13.8. The summed E-state index contributed by atoms with van der Waals surface area (Å²) in [6.45, 7) is -0.143. The Kier molecular flexibility index (Phi) is 6.76. The lowest BCUT2D eigenvalue weighted by Crippen LogP contribution is -2.22. The van der Waals surface area contributed by atoms with E-state index in [4.69, 9.17) is 9.47 Å². The molecule has 0 heterocycles. The molecule has 2 N–H and O–H groups in total. The van der Waals surface area contributed by atoms with E-state index in [0.29, 0.717) is 12.3 Å². The third kappa shape index (κ3) is 5.80. The second-order valence-corrected chi connectivity index (χ2v) is 5.07. The van der Waals surface area contributed by atoms with Crippen LogP contribution in [0.4, 0.5) is 15.8 Å². The van der Waals surface area contributed by atoms with Gasteiger partial charge in [-0.3, -0.25) is 9.59 Å². The second kappa shape index (κ2) is 9.27. The molecule has 25 heavy (non-hydrogen) atoms. The van der Waals surface area contributed by atoms with E-state index in [1.807, 2.05) is 18.2 Å². The molecule has 0 atom stereocenters. The molecule has 0 spiro atoms. The summed E-state index contributed by atoms with van der Waals surface area (Å²) in [5.41, 5.74) is 0.802. The zero-order chi connectivity index (χ0) is 18.1. The van der Waals surface area contributed by atoms with E-state index in [2.05, 4.69) is 10.6 Å². The van der Waals surface area contributed by atoms with Crippen LogP contribution in [0.5, 0.6) is 5.75 Å². The van der Waals surface area contributed by atoms with Crippen molar-refractivity contribution >= 4 is 23.3 Å². The summed E-state index contributed by atoms with van der Waals surface area (Å²) >= 11 is 0. The standard InChI is InChI=1S/C18H19FN2O4/c1-24-16-9-5-4-8-15(16)20-11-10-18(23)25-12-17(22)21-14-7-3-2-6-13(14)19/h2-9,20H,10-12H2,1H3,(H,21,22). The molecule has 7 heteroatoms. The van der Waals surface area contributed by atoms with Crippen molar-refractivity contribution in [2.24, 2.45) is 0 Å².